The van der Waals surface area contributed by atoms with E-state index in [0.29, 0.717) is 12.8 Å². The van der Waals surface area contributed by atoms with Crippen molar-refractivity contribution in [2.75, 3.05) is 13.6 Å². The van der Waals surface area contributed by atoms with Gasteiger partial charge in [-0.1, -0.05) is 13.3 Å². The van der Waals surface area contributed by atoms with Crippen LogP contribution in [0.3, 0.4) is 0 Å². The third kappa shape index (κ3) is 2.39. The standard InChI is InChI=1S/C11H16N2O6/c1-3-4-5-13(11(18)19)6-7(9(14)15)12(2)8(13)10(16)17/h6,8H,3-5H2,1-2H3,(H2-,14,15,16,17,18,19)/p+1. The molecule has 0 radical (unpaired) electrons. The summed E-state index contributed by atoms with van der Waals surface area (Å²) in [5, 5.41) is 27.6. The highest BCUT2D eigenvalue weighted by Crippen LogP contribution is 2.31. The maximum Gasteiger partial charge on any atom is 0.520 e. The molecule has 3 N–H and O–H groups in total. The molecule has 2 unspecified atom stereocenters. The predicted molar refractivity (Wildman–Crippen MR) is 63.0 cm³/mol. The van der Waals surface area contributed by atoms with E-state index in [1.54, 1.807) is 0 Å². The third-order valence-electron chi connectivity index (χ3n) is 3.21. The van der Waals surface area contributed by atoms with E-state index in [-0.39, 0.29) is 12.2 Å². The van der Waals surface area contributed by atoms with Crippen molar-refractivity contribution in [3.05, 3.63) is 11.9 Å². The molecule has 0 spiro atoms. The van der Waals surface area contributed by atoms with Crippen molar-refractivity contribution in [2.24, 2.45) is 0 Å². The smallest absolute Gasteiger partial charge is 0.476 e. The number of aliphatic carboxylic acids is 2. The van der Waals surface area contributed by atoms with Gasteiger partial charge in [-0.05, 0) is 6.42 Å². The zero-order valence-corrected chi connectivity index (χ0v) is 10.7. The summed E-state index contributed by atoms with van der Waals surface area (Å²) >= 11 is 0. The van der Waals surface area contributed by atoms with Gasteiger partial charge >= 0.3 is 18.0 Å². The van der Waals surface area contributed by atoms with Crippen LogP contribution in [-0.4, -0.2) is 62.5 Å². The van der Waals surface area contributed by atoms with Crippen LogP contribution in [0, 0.1) is 0 Å². The second-order valence-corrected chi connectivity index (χ2v) is 4.43. The van der Waals surface area contributed by atoms with Crippen molar-refractivity contribution in [2.45, 2.75) is 25.9 Å². The lowest BCUT2D eigenvalue weighted by Crippen LogP contribution is -2.60. The number of quaternary nitrogens is 1. The van der Waals surface area contributed by atoms with Crippen LogP contribution in [0.25, 0.3) is 0 Å². The van der Waals surface area contributed by atoms with Crippen molar-refractivity contribution in [3.8, 4) is 0 Å². The van der Waals surface area contributed by atoms with E-state index >= 15 is 0 Å². The molecule has 2 atom stereocenters. The predicted octanol–water partition coefficient (Wildman–Crippen LogP) is 0.563. The number of likely N-dealkylation sites (N-methyl/N-ethyl adjacent to an activating group) is 1. The molecule has 0 aliphatic carbocycles. The summed E-state index contributed by atoms with van der Waals surface area (Å²) in [6.07, 6.45) is -0.675. The summed E-state index contributed by atoms with van der Waals surface area (Å²) in [5.41, 5.74) is -0.314. The zero-order chi connectivity index (χ0) is 14.8. The second-order valence-electron chi connectivity index (χ2n) is 4.43. The van der Waals surface area contributed by atoms with Gasteiger partial charge in [0.15, 0.2) is 5.70 Å². The van der Waals surface area contributed by atoms with E-state index in [1.807, 2.05) is 6.92 Å². The maximum atomic E-state index is 11.5. The number of hydrogen-bond acceptors (Lipinski definition) is 4. The SMILES string of the molecule is CCCC[N+]1(C(=O)O)C=C(C(=O)O)N(C)C1C(=O)O. The van der Waals surface area contributed by atoms with Crippen molar-refractivity contribution in [1.29, 1.82) is 0 Å². The fourth-order valence-electron chi connectivity index (χ4n) is 2.25. The molecule has 0 aromatic rings. The van der Waals surface area contributed by atoms with E-state index in [2.05, 4.69) is 0 Å². The number of rotatable bonds is 5. The van der Waals surface area contributed by atoms with Crippen molar-refractivity contribution >= 4 is 18.0 Å². The van der Waals surface area contributed by atoms with Crippen LogP contribution in [0.1, 0.15) is 19.8 Å². The second kappa shape index (κ2) is 5.27. The minimum Gasteiger partial charge on any atom is -0.476 e. The Balaban J connectivity index is 3.33. The summed E-state index contributed by atoms with van der Waals surface area (Å²) in [6, 6.07) is 0. The number of carbonyl (C=O) groups is 3. The molecular formula is C11H17N2O6+. The number of carboxylic acid groups (broad SMARTS) is 3. The lowest BCUT2D eigenvalue weighted by molar-refractivity contribution is -0.827. The summed E-state index contributed by atoms with van der Waals surface area (Å²) in [4.78, 5) is 34.9. The molecular weight excluding hydrogens is 256 g/mol. The van der Waals surface area contributed by atoms with E-state index in [4.69, 9.17) is 5.11 Å². The summed E-state index contributed by atoms with van der Waals surface area (Å²) in [6.45, 7) is 1.87. The summed E-state index contributed by atoms with van der Waals surface area (Å²) < 4.78 is -0.915. The zero-order valence-electron chi connectivity index (χ0n) is 10.7. The maximum absolute atomic E-state index is 11.5. The molecule has 1 heterocycles. The van der Waals surface area contributed by atoms with Gasteiger partial charge in [-0.3, -0.25) is 0 Å². The first-order chi connectivity index (χ1) is 8.77. The number of carboxylic acids is 2. The molecule has 1 rings (SSSR count). The van der Waals surface area contributed by atoms with Crippen LogP contribution in [0.2, 0.25) is 0 Å². The molecule has 0 aromatic heterocycles. The Morgan fingerprint density at radius 1 is 1.32 bits per heavy atom. The molecule has 0 saturated carbocycles. The van der Waals surface area contributed by atoms with Crippen molar-refractivity contribution in [1.82, 2.24) is 4.90 Å². The van der Waals surface area contributed by atoms with Gasteiger partial charge in [0.1, 0.15) is 6.20 Å². The quantitative estimate of drug-likeness (QED) is 0.627. The van der Waals surface area contributed by atoms with Crippen LogP contribution in [0.5, 0.6) is 0 Å². The summed E-state index contributed by atoms with van der Waals surface area (Å²) in [7, 11) is 1.27. The first kappa shape index (κ1) is 15.0. The van der Waals surface area contributed by atoms with Crippen LogP contribution in [0.4, 0.5) is 4.79 Å². The van der Waals surface area contributed by atoms with E-state index in [0.717, 1.165) is 11.1 Å². The Kier molecular flexibility index (Phi) is 4.15. The molecule has 1 amide bonds. The normalized spacial score (nSPS) is 26.1. The first-order valence-corrected chi connectivity index (χ1v) is 5.80. The largest absolute Gasteiger partial charge is 0.520 e. The lowest BCUT2D eigenvalue weighted by atomic mass is 10.2. The minimum absolute atomic E-state index is 0.0317. The monoisotopic (exact) mass is 273 g/mol. The lowest BCUT2D eigenvalue weighted by Gasteiger charge is -2.32. The van der Waals surface area contributed by atoms with Crippen LogP contribution in [-0.2, 0) is 9.59 Å². The van der Waals surface area contributed by atoms with Gasteiger partial charge in [0.05, 0.1) is 6.54 Å². The van der Waals surface area contributed by atoms with Gasteiger partial charge in [0, 0.05) is 7.05 Å². The Morgan fingerprint density at radius 3 is 2.26 bits per heavy atom. The van der Waals surface area contributed by atoms with Gasteiger partial charge < -0.3 is 20.2 Å². The molecule has 19 heavy (non-hydrogen) atoms. The van der Waals surface area contributed by atoms with Crippen molar-refractivity contribution in [3.63, 3.8) is 0 Å². The molecule has 0 aromatic carbocycles. The third-order valence-corrected chi connectivity index (χ3v) is 3.21. The van der Waals surface area contributed by atoms with Crippen LogP contribution >= 0.6 is 0 Å². The average molecular weight is 273 g/mol. The van der Waals surface area contributed by atoms with Gasteiger partial charge in [-0.2, -0.15) is 9.28 Å². The molecule has 0 saturated heterocycles. The molecule has 0 fully saturated rings. The average Bonchev–Trinajstić information content (AvgIpc) is 2.61. The Labute approximate surface area is 109 Å². The molecule has 8 heteroatoms. The Bertz CT molecular complexity index is 446. The molecule has 0 bridgehead atoms. The minimum atomic E-state index is -1.46. The van der Waals surface area contributed by atoms with Crippen LogP contribution < -0.4 is 0 Å². The van der Waals surface area contributed by atoms with Gasteiger partial charge in [0.2, 0.25) is 0 Å². The molecule has 8 nitrogen and oxygen atoms in total. The fraction of sp³-hybridized carbons (Fsp3) is 0.545. The number of unbranched alkanes of at least 4 members (excludes halogenated alkanes) is 1. The highest BCUT2D eigenvalue weighted by molar-refractivity contribution is 5.88. The highest BCUT2D eigenvalue weighted by Gasteiger charge is 2.57. The Hall–Kier alpha value is -2.09. The molecule has 1 aliphatic rings. The number of nitrogens with zero attached hydrogens (tertiary/aromatic N) is 2. The van der Waals surface area contributed by atoms with E-state index in [1.165, 1.54) is 7.05 Å². The fourth-order valence-corrected chi connectivity index (χ4v) is 2.25. The number of amides is 1. The van der Waals surface area contributed by atoms with Crippen LogP contribution in [0.15, 0.2) is 11.9 Å². The Morgan fingerprint density at radius 2 is 1.89 bits per heavy atom. The number of hydrogen-bond donors (Lipinski definition) is 3. The topological polar surface area (TPSA) is 115 Å². The van der Waals surface area contributed by atoms with Crippen molar-refractivity contribution < 1.29 is 34.2 Å². The van der Waals surface area contributed by atoms with Gasteiger partial charge in [-0.15, -0.1) is 0 Å². The van der Waals surface area contributed by atoms with E-state index < -0.39 is 28.7 Å². The molecule has 106 valence electrons. The molecule has 1 aliphatic heterocycles. The summed E-state index contributed by atoms with van der Waals surface area (Å²) in [5.74, 6) is -2.71. The van der Waals surface area contributed by atoms with Gasteiger partial charge in [0.25, 0.3) is 6.17 Å². The first-order valence-electron chi connectivity index (χ1n) is 5.80. The van der Waals surface area contributed by atoms with E-state index in [9.17, 15) is 24.6 Å². The van der Waals surface area contributed by atoms with Gasteiger partial charge in [-0.25, -0.2) is 9.59 Å². The highest BCUT2D eigenvalue weighted by atomic mass is 16.4.